The quantitative estimate of drug-likeness (QED) is 0.410. The molecule has 4 N–H and O–H groups in total. The second-order valence-electron chi connectivity index (χ2n) is 1.16. The molecule has 1 heterocycles. The molecule has 6 heteroatoms. The fourth-order valence-corrected chi connectivity index (χ4v) is 0.315. The van der Waals surface area contributed by atoms with Crippen LogP contribution in [0.15, 0.2) is 15.9 Å². The van der Waals surface area contributed by atoms with Crippen molar-refractivity contribution in [2.24, 2.45) is 0 Å². The highest BCUT2D eigenvalue weighted by molar-refractivity contribution is 4.57. The topological polar surface area (TPSA) is 110 Å². The normalized spacial score (nSPS) is 8.00. The monoisotopic (exact) mass is 131 g/mol. The zero-order valence-electron chi connectivity index (χ0n) is 4.34. The summed E-state index contributed by atoms with van der Waals surface area (Å²) in [4.78, 5) is 27.5. The standard InChI is InChI=1S/C3H3N3O2.H2O/c7-2-4-1-5-3(8)6-2;/h1H,(H2,4,5,6,7,8);1H2. The summed E-state index contributed by atoms with van der Waals surface area (Å²) in [6.07, 6.45) is 1.04. The predicted octanol–water partition coefficient (Wildman–Crippen LogP) is -2.37. The van der Waals surface area contributed by atoms with E-state index in [1.807, 2.05) is 4.98 Å². The molecule has 0 spiro atoms. The molecule has 50 valence electrons. The molecule has 0 saturated carbocycles. The van der Waals surface area contributed by atoms with Crippen molar-refractivity contribution in [2.75, 3.05) is 0 Å². The molecule has 0 amide bonds. The average Bonchev–Trinajstić information content (AvgIpc) is 1.64. The summed E-state index contributed by atoms with van der Waals surface area (Å²) in [5, 5.41) is 0. The van der Waals surface area contributed by atoms with E-state index >= 15 is 0 Å². The van der Waals surface area contributed by atoms with Gasteiger partial charge in [-0.05, 0) is 0 Å². The Morgan fingerprint density at radius 1 is 1.44 bits per heavy atom. The van der Waals surface area contributed by atoms with Crippen molar-refractivity contribution in [2.45, 2.75) is 0 Å². The highest BCUT2D eigenvalue weighted by Gasteiger charge is 1.79. The predicted molar refractivity (Wildman–Crippen MR) is 29.1 cm³/mol. The van der Waals surface area contributed by atoms with E-state index in [0.717, 1.165) is 6.33 Å². The maximum atomic E-state index is 10.1. The number of hydrogen-bond donors (Lipinski definition) is 2. The average molecular weight is 131 g/mol. The molecule has 6 nitrogen and oxygen atoms in total. The maximum Gasteiger partial charge on any atom is 0.350 e. The fourth-order valence-electron chi connectivity index (χ4n) is 0.315. The van der Waals surface area contributed by atoms with Crippen LogP contribution in [-0.2, 0) is 0 Å². The first-order valence-corrected chi connectivity index (χ1v) is 1.93. The van der Waals surface area contributed by atoms with Gasteiger partial charge < -0.3 is 5.48 Å². The molecule has 9 heavy (non-hydrogen) atoms. The van der Waals surface area contributed by atoms with Crippen molar-refractivity contribution in [1.29, 1.82) is 0 Å². The van der Waals surface area contributed by atoms with Crippen molar-refractivity contribution in [1.82, 2.24) is 15.0 Å². The van der Waals surface area contributed by atoms with Crippen molar-refractivity contribution >= 4 is 0 Å². The molecule has 0 aromatic carbocycles. The van der Waals surface area contributed by atoms with Crippen LogP contribution in [-0.4, -0.2) is 20.4 Å². The van der Waals surface area contributed by atoms with E-state index in [9.17, 15) is 9.59 Å². The smallest absolute Gasteiger partial charge is 0.350 e. The second kappa shape index (κ2) is 2.78. The minimum atomic E-state index is -0.631. The minimum absolute atomic E-state index is 0. The molecule has 0 fully saturated rings. The van der Waals surface area contributed by atoms with Gasteiger partial charge in [0, 0.05) is 0 Å². The molecular formula is C3H5N3O3. The molecule has 0 unspecified atom stereocenters. The van der Waals surface area contributed by atoms with Crippen LogP contribution in [0.3, 0.4) is 0 Å². The van der Waals surface area contributed by atoms with Crippen molar-refractivity contribution in [3.8, 4) is 0 Å². The molecule has 0 bridgehead atoms. The van der Waals surface area contributed by atoms with Crippen molar-refractivity contribution in [3.05, 3.63) is 27.3 Å². The van der Waals surface area contributed by atoms with E-state index < -0.39 is 11.4 Å². The number of rotatable bonds is 0. The highest BCUT2D eigenvalue weighted by atomic mass is 16.2. The summed E-state index contributed by atoms with van der Waals surface area (Å²) in [7, 11) is 0. The van der Waals surface area contributed by atoms with Crippen molar-refractivity contribution in [3.63, 3.8) is 0 Å². The van der Waals surface area contributed by atoms with Gasteiger partial charge in [0.15, 0.2) is 0 Å². The Labute approximate surface area is 48.9 Å². The van der Waals surface area contributed by atoms with E-state index in [2.05, 4.69) is 9.97 Å². The van der Waals surface area contributed by atoms with Gasteiger partial charge >= 0.3 is 11.4 Å². The van der Waals surface area contributed by atoms with E-state index in [0.29, 0.717) is 0 Å². The molecule has 0 aliphatic heterocycles. The van der Waals surface area contributed by atoms with Crippen LogP contribution in [0.1, 0.15) is 0 Å². The Kier molecular flexibility index (Phi) is 2.33. The Hall–Kier alpha value is -1.43. The second-order valence-corrected chi connectivity index (χ2v) is 1.16. The third-order valence-corrected chi connectivity index (χ3v) is 0.598. The first kappa shape index (κ1) is 7.57. The Morgan fingerprint density at radius 2 is 2.11 bits per heavy atom. The van der Waals surface area contributed by atoms with Gasteiger partial charge in [0.25, 0.3) is 0 Å². The van der Waals surface area contributed by atoms with Crippen LogP contribution in [0.5, 0.6) is 0 Å². The molecule has 0 aliphatic rings. The first-order valence-electron chi connectivity index (χ1n) is 1.93. The third-order valence-electron chi connectivity index (χ3n) is 0.598. The lowest BCUT2D eigenvalue weighted by Crippen LogP contribution is -2.22. The minimum Gasteiger partial charge on any atom is -0.412 e. The zero-order valence-corrected chi connectivity index (χ0v) is 4.34. The van der Waals surface area contributed by atoms with Crippen LogP contribution in [0.2, 0.25) is 0 Å². The van der Waals surface area contributed by atoms with Gasteiger partial charge in [-0.1, -0.05) is 0 Å². The van der Waals surface area contributed by atoms with Gasteiger partial charge in [-0.25, -0.2) is 9.59 Å². The van der Waals surface area contributed by atoms with E-state index in [4.69, 9.17) is 0 Å². The number of nitrogens with one attached hydrogen (secondary N) is 2. The molecule has 1 rings (SSSR count). The van der Waals surface area contributed by atoms with Crippen molar-refractivity contribution < 1.29 is 5.48 Å². The number of H-pyrrole nitrogens is 2. The van der Waals surface area contributed by atoms with Crippen LogP contribution in [0.4, 0.5) is 0 Å². The molecule has 0 atom stereocenters. The molecular weight excluding hydrogens is 126 g/mol. The van der Waals surface area contributed by atoms with Gasteiger partial charge in [0.1, 0.15) is 6.33 Å². The molecule has 0 saturated heterocycles. The summed E-state index contributed by atoms with van der Waals surface area (Å²) in [6.45, 7) is 0. The fraction of sp³-hybridized carbons (Fsp3) is 0. The Balaban J connectivity index is 0.000000640. The zero-order chi connectivity index (χ0) is 5.98. The Morgan fingerprint density at radius 3 is 2.44 bits per heavy atom. The van der Waals surface area contributed by atoms with E-state index in [1.54, 1.807) is 0 Å². The van der Waals surface area contributed by atoms with Gasteiger partial charge in [-0.3, -0.25) is 9.97 Å². The molecule has 1 aromatic rings. The number of aromatic amines is 2. The number of nitrogens with zero attached hydrogens (tertiary/aromatic N) is 1. The van der Waals surface area contributed by atoms with E-state index in [-0.39, 0.29) is 5.48 Å². The molecule has 1 aromatic heterocycles. The summed E-state index contributed by atoms with van der Waals surface area (Å²) in [5.74, 6) is 0. The van der Waals surface area contributed by atoms with Gasteiger partial charge in [0.05, 0.1) is 0 Å². The lowest BCUT2D eigenvalue weighted by Gasteiger charge is -1.74. The molecule has 0 radical (unpaired) electrons. The first-order chi connectivity index (χ1) is 3.79. The van der Waals surface area contributed by atoms with Gasteiger partial charge in [-0.15, -0.1) is 0 Å². The number of aromatic nitrogens is 3. The van der Waals surface area contributed by atoms with Crippen LogP contribution in [0, 0.1) is 0 Å². The Bertz CT molecular complexity index is 249. The summed E-state index contributed by atoms with van der Waals surface area (Å²) in [5.41, 5.74) is -1.17. The largest absolute Gasteiger partial charge is 0.412 e. The number of hydrogen-bond acceptors (Lipinski definition) is 3. The van der Waals surface area contributed by atoms with Gasteiger partial charge in [-0.2, -0.15) is 4.98 Å². The summed E-state index contributed by atoms with van der Waals surface area (Å²) >= 11 is 0. The van der Waals surface area contributed by atoms with Gasteiger partial charge in [0.2, 0.25) is 0 Å². The van der Waals surface area contributed by atoms with Crippen LogP contribution < -0.4 is 11.4 Å². The van der Waals surface area contributed by atoms with E-state index in [1.165, 1.54) is 0 Å². The SMILES string of the molecule is O.O=c1nc[nH]c(=O)[nH]1. The molecule has 0 aliphatic carbocycles. The van der Waals surface area contributed by atoms with Crippen LogP contribution >= 0.6 is 0 Å². The third kappa shape index (κ3) is 1.87. The summed E-state index contributed by atoms with van der Waals surface area (Å²) in [6, 6.07) is 0. The highest BCUT2D eigenvalue weighted by Crippen LogP contribution is 1.40. The summed E-state index contributed by atoms with van der Waals surface area (Å²) < 4.78 is 0. The van der Waals surface area contributed by atoms with Crippen LogP contribution in [0.25, 0.3) is 0 Å². The lowest BCUT2D eigenvalue weighted by molar-refractivity contribution is 0.824. The maximum absolute atomic E-state index is 10.1. The lowest BCUT2D eigenvalue weighted by atomic mass is 11.0.